The van der Waals surface area contributed by atoms with E-state index in [2.05, 4.69) is 144 Å². The zero-order chi connectivity index (χ0) is 23.7. The van der Waals surface area contributed by atoms with Gasteiger partial charge in [0, 0.05) is 26.3 Å². The Bertz CT molecular complexity index is 1770. The first-order chi connectivity index (χ1) is 17.0. The number of rotatable bonds is 2. The van der Waals surface area contributed by atoms with Crippen molar-refractivity contribution in [2.24, 2.45) is 0 Å². The van der Waals surface area contributed by atoms with Crippen molar-refractivity contribution in [3.63, 3.8) is 0 Å². The van der Waals surface area contributed by atoms with E-state index in [1.54, 1.807) is 0 Å². The van der Waals surface area contributed by atoms with Gasteiger partial charge in [-0.25, -0.2) is 0 Å². The zero-order valence-corrected chi connectivity index (χ0v) is 21.3. The van der Waals surface area contributed by atoms with Gasteiger partial charge in [-0.05, 0) is 75.8 Å². The summed E-state index contributed by atoms with van der Waals surface area (Å²) in [5, 5.41) is 2.57. The molecular weight excluding hydrogens is 490 g/mol. The van der Waals surface area contributed by atoms with Crippen LogP contribution in [0.2, 0.25) is 0 Å². The van der Waals surface area contributed by atoms with Crippen molar-refractivity contribution in [3.8, 4) is 27.9 Å². The molecule has 0 radical (unpaired) electrons. The molecule has 0 saturated carbocycles. The average Bonchev–Trinajstić information content (AvgIpc) is 3.33. The predicted molar refractivity (Wildman–Crippen MR) is 151 cm³/mol. The fourth-order valence-corrected chi connectivity index (χ4v) is 6.26. The van der Waals surface area contributed by atoms with Gasteiger partial charge in [0.2, 0.25) is 0 Å². The Hall–Kier alpha value is -3.62. The third kappa shape index (κ3) is 3.00. The van der Waals surface area contributed by atoms with Crippen LogP contribution >= 0.6 is 15.9 Å². The number of halogens is 1. The Kier molecular flexibility index (Phi) is 4.40. The topological polar surface area (TPSA) is 4.93 Å². The molecule has 0 amide bonds. The predicted octanol–water partition coefficient (Wildman–Crippen LogP) is 9.52. The van der Waals surface area contributed by atoms with Gasteiger partial charge in [-0.3, -0.25) is 0 Å². The first kappa shape index (κ1) is 20.7. The van der Waals surface area contributed by atoms with Crippen molar-refractivity contribution in [1.29, 1.82) is 0 Å². The first-order valence-corrected chi connectivity index (χ1v) is 12.9. The summed E-state index contributed by atoms with van der Waals surface area (Å²) in [6.07, 6.45) is 0. The fourth-order valence-electron chi connectivity index (χ4n) is 5.89. The molecule has 0 N–H and O–H groups in total. The molecular formula is C33H24BrN. The van der Waals surface area contributed by atoms with E-state index in [1.165, 1.54) is 60.9 Å². The molecule has 0 bridgehead atoms. The van der Waals surface area contributed by atoms with Gasteiger partial charge in [-0.2, -0.15) is 0 Å². The molecule has 0 saturated heterocycles. The van der Waals surface area contributed by atoms with E-state index in [0.29, 0.717) is 0 Å². The summed E-state index contributed by atoms with van der Waals surface area (Å²) in [4.78, 5) is 0. The summed E-state index contributed by atoms with van der Waals surface area (Å²) in [5.74, 6) is 0. The van der Waals surface area contributed by atoms with Crippen LogP contribution in [0, 0.1) is 0 Å². The number of aromatic nitrogens is 1. The molecule has 1 aromatic heterocycles. The second-order valence-electron chi connectivity index (χ2n) is 10.00. The summed E-state index contributed by atoms with van der Waals surface area (Å²) >= 11 is 3.67. The van der Waals surface area contributed by atoms with Crippen LogP contribution in [-0.4, -0.2) is 4.57 Å². The van der Waals surface area contributed by atoms with Crippen molar-refractivity contribution in [3.05, 3.63) is 125 Å². The highest BCUT2D eigenvalue weighted by atomic mass is 79.9. The molecule has 35 heavy (non-hydrogen) atoms. The van der Waals surface area contributed by atoms with Crippen LogP contribution in [0.15, 0.2) is 114 Å². The van der Waals surface area contributed by atoms with Crippen LogP contribution in [-0.2, 0) is 5.41 Å². The van der Waals surface area contributed by atoms with Crippen LogP contribution in [0.1, 0.15) is 25.0 Å². The van der Waals surface area contributed by atoms with Crippen LogP contribution in [0.4, 0.5) is 0 Å². The molecule has 5 aromatic carbocycles. The van der Waals surface area contributed by atoms with Crippen LogP contribution in [0.3, 0.4) is 0 Å². The minimum Gasteiger partial charge on any atom is -0.309 e. The van der Waals surface area contributed by atoms with E-state index >= 15 is 0 Å². The zero-order valence-electron chi connectivity index (χ0n) is 19.7. The summed E-state index contributed by atoms with van der Waals surface area (Å²) < 4.78 is 3.52. The van der Waals surface area contributed by atoms with E-state index in [9.17, 15) is 0 Å². The van der Waals surface area contributed by atoms with Crippen LogP contribution < -0.4 is 0 Å². The van der Waals surface area contributed by atoms with E-state index < -0.39 is 0 Å². The normalized spacial score (nSPS) is 13.8. The number of benzene rings is 5. The minimum atomic E-state index is -0.0342. The van der Waals surface area contributed by atoms with Gasteiger partial charge in [0.25, 0.3) is 0 Å². The SMILES string of the molecule is CC1(C)c2cc(Br)ccc2-c2ccc(-c3ccc4c5ccccc5n(-c5ccccc5)c4c3)cc21. The molecule has 1 nitrogen and oxygen atoms in total. The van der Waals surface area contributed by atoms with Gasteiger partial charge < -0.3 is 4.57 Å². The molecule has 1 aliphatic rings. The maximum atomic E-state index is 3.67. The molecule has 6 aromatic rings. The molecule has 0 aliphatic heterocycles. The van der Waals surface area contributed by atoms with Crippen LogP contribution in [0.5, 0.6) is 0 Å². The second-order valence-corrected chi connectivity index (χ2v) is 10.9. The molecule has 0 fully saturated rings. The molecule has 2 heteroatoms. The quantitative estimate of drug-likeness (QED) is 0.217. The van der Waals surface area contributed by atoms with Crippen molar-refractivity contribution >= 4 is 37.7 Å². The molecule has 0 spiro atoms. The standard InChI is InChI=1S/C33H24BrN/c1-33(2)29-18-21(12-15-25(29)26-17-14-23(34)20-30(26)33)22-13-16-28-27-10-6-7-11-31(27)35(32(28)19-22)24-8-4-3-5-9-24/h3-20H,1-2H3. The third-order valence-corrected chi connectivity index (χ3v) is 8.15. The lowest BCUT2D eigenvalue weighted by Gasteiger charge is -2.22. The van der Waals surface area contributed by atoms with Gasteiger partial charge in [0.15, 0.2) is 0 Å². The number of hydrogen-bond donors (Lipinski definition) is 0. The Labute approximate surface area is 213 Å². The van der Waals surface area contributed by atoms with Gasteiger partial charge in [0.1, 0.15) is 0 Å². The molecule has 1 aliphatic carbocycles. The Balaban J connectivity index is 1.45. The van der Waals surface area contributed by atoms with Crippen molar-refractivity contribution in [2.45, 2.75) is 19.3 Å². The third-order valence-electron chi connectivity index (χ3n) is 7.66. The average molecular weight is 514 g/mol. The minimum absolute atomic E-state index is 0.0342. The molecule has 1 heterocycles. The highest BCUT2D eigenvalue weighted by Gasteiger charge is 2.35. The van der Waals surface area contributed by atoms with E-state index in [1.807, 2.05) is 0 Å². The van der Waals surface area contributed by atoms with Crippen molar-refractivity contribution in [1.82, 2.24) is 4.57 Å². The summed E-state index contributed by atoms with van der Waals surface area (Å²) in [6.45, 7) is 4.68. The monoisotopic (exact) mass is 513 g/mol. The Morgan fingerprint density at radius 3 is 2.03 bits per heavy atom. The van der Waals surface area contributed by atoms with E-state index in [4.69, 9.17) is 0 Å². The number of nitrogens with zero attached hydrogens (tertiary/aromatic N) is 1. The molecule has 0 atom stereocenters. The first-order valence-electron chi connectivity index (χ1n) is 12.1. The number of fused-ring (bicyclic) bond motifs is 6. The lowest BCUT2D eigenvalue weighted by Crippen LogP contribution is -2.15. The van der Waals surface area contributed by atoms with Gasteiger partial charge in [-0.15, -0.1) is 0 Å². The van der Waals surface area contributed by atoms with Crippen LogP contribution in [0.25, 0.3) is 49.7 Å². The van der Waals surface area contributed by atoms with Gasteiger partial charge in [-0.1, -0.05) is 96.5 Å². The van der Waals surface area contributed by atoms with Crippen molar-refractivity contribution in [2.75, 3.05) is 0 Å². The summed E-state index contributed by atoms with van der Waals surface area (Å²) in [5.41, 5.74) is 11.6. The molecule has 0 unspecified atom stereocenters. The Morgan fingerprint density at radius 2 is 1.20 bits per heavy atom. The molecule has 168 valence electrons. The van der Waals surface area contributed by atoms with E-state index in [0.717, 1.165) is 4.47 Å². The second kappa shape index (κ2) is 7.44. The Morgan fingerprint density at radius 1 is 0.571 bits per heavy atom. The number of para-hydroxylation sites is 2. The summed E-state index contributed by atoms with van der Waals surface area (Å²) in [6, 6.07) is 39.9. The van der Waals surface area contributed by atoms with E-state index in [-0.39, 0.29) is 5.41 Å². The largest absolute Gasteiger partial charge is 0.309 e. The fraction of sp³-hybridized carbons (Fsp3) is 0.0909. The highest BCUT2D eigenvalue weighted by molar-refractivity contribution is 9.10. The smallest absolute Gasteiger partial charge is 0.0547 e. The maximum absolute atomic E-state index is 3.67. The van der Waals surface area contributed by atoms with Gasteiger partial charge in [0.05, 0.1) is 11.0 Å². The van der Waals surface area contributed by atoms with Crippen molar-refractivity contribution < 1.29 is 0 Å². The summed E-state index contributed by atoms with van der Waals surface area (Å²) in [7, 11) is 0. The lowest BCUT2D eigenvalue weighted by atomic mass is 9.81. The molecule has 7 rings (SSSR count). The highest BCUT2D eigenvalue weighted by Crippen LogP contribution is 2.50. The van der Waals surface area contributed by atoms with Gasteiger partial charge >= 0.3 is 0 Å². The lowest BCUT2D eigenvalue weighted by molar-refractivity contribution is 0.660. The maximum Gasteiger partial charge on any atom is 0.0547 e. The number of hydrogen-bond acceptors (Lipinski definition) is 0.